The van der Waals surface area contributed by atoms with Crippen molar-refractivity contribution in [3.8, 4) is 0 Å². The molecule has 0 radical (unpaired) electrons. The van der Waals surface area contributed by atoms with Gasteiger partial charge < -0.3 is 15.1 Å². The summed E-state index contributed by atoms with van der Waals surface area (Å²) in [6.45, 7) is 6.71. The lowest BCUT2D eigenvalue weighted by atomic mass is 10.3. The molecule has 1 aliphatic rings. The average molecular weight is 402 g/mol. The maximum absolute atomic E-state index is 12.6. The molecule has 0 bridgehead atoms. The van der Waals surface area contributed by atoms with Crippen LogP contribution in [-0.4, -0.2) is 72.4 Å². The minimum absolute atomic E-state index is 0.0000553. The molecular weight excluding hydrogens is 374 g/mol. The Labute approximate surface area is 170 Å². The molecule has 0 unspecified atom stereocenters. The molecular formula is C20H27N5O2S. The summed E-state index contributed by atoms with van der Waals surface area (Å²) in [7, 11) is 0. The lowest BCUT2D eigenvalue weighted by Crippen LogP contribution is -2.51. The van der Waals surface area contributed by atoms with Gasteiger partial charge in [-0.2, -0.15) is 0 Å². The van der Waals surface area contributed by atoms with Crippen LogP contribution in [0.4, 0.5) is 5.82 Å². The topological polar surface area (TPSA) is 68.8 Å². The van der Waals surface area contributed by atoms with Crippen LogP contribution in [0.3, 0.4) is 0 Å². The molecule has 0 aliphatic carbocycles. The highest BCUT2D eigenvalue weighted by Crippen LogP contribution is 2.12. The van der Waals surface area contributed by atoms with E-state index in [4.69, 9.17) is 0 Å². The fourth-order valence-electron chi connectivity index (χ4n) is 3.17. The number of hydrogen-bond acceptors (Lipinski definition) is 6. The first kappa shape index (κ1) is 20.3. The average Bonchev–Trinajstić information content (AvgIpc) is 3.25. The zero-order valence-corrected chi connectivity index (χ0v) is 17.0. The Balaban J connectivity index is 1.42. The summed E-state index contributed by atoms with van der Waals surface area (Å²) in [6, 6.07) is 9.85. The minimum atomic E-state index is -0.122. The number of nitrogens with one attached hydrogen (secondary N) is 1. The number of pyridine rings is 1. The Morgan fingerprint density at radius 2 is 2.00 bits per heavy atom. The Hall–Kier alpha value is -2.45. The molecule has 0 spiro atoms. The first-order chi connectivity index (χ1) is 13.7. The summed E-state index contributed by atoms with van der Waals surface area (Å²) in [5.41, 5.74) is 0. The number of carbonyl (C=O) groups excluding carboxylic acids is 2. The number of piperazine rings is 1. The number of amides is 2. The number of carbonyl (C=O) groups is 2. The van der Waals surface area contributed by atoms with E-state index in [0.29, 0.717) is 19.6 Å². The molecule has 3 rings (SSSR count). The van der Waals surface area contributed by atoms with E-state index in [1.165, 1.54) is 0 Å². The Morgan fingerprint density at radius 1 is 1.18 bits per heavy atom. The number of rotatable bonds is 8. The van der Waals surface area contributed by atoms with Gasteiger partial charge in [0.2, 0.25) is 11.8 Å². The summed E-state index contributed by atoms with van der Waals surface area (Å²) < 4.78 is 0. The van der Waals surface area contributed by atoms with E-state index in [2.05, 4.69) is 20.1 Å². The summed E-state index contributed by atoms with van der Waals surface area (Å²) in [6.07, 6.45) is 1.80. The second kappa shape index (κ2) is 10.2. The maximum Gasteiger partial charge on any atom is 0.239 e. The van der Waals surface area contributed by atoms with E-state index >= 15 is 0 Å². The highest BCUT2D eigenvalue weighted by molar-refractivity contribution is 7.09. The first-order valence-corrected chi connectivity index (χ1v) is 10.5. The van der Waals surface area contributed by atoms with E-state index in [9.17, 15) is 9.59 Å². The first-order valence-electron chi connectivity index (χ1n) is 9.61. The molecule has 2 aromatic heterocycles. The largest absolute Gasteiger partial charge is 0.354 e. The van der Waals surface area contributed by atoms with Gasteiger partial charge in [0.15, 0.2) is 0 Å². The van der Waals surface area contributed by atoms with Crippen LogP contribution in [0.2, 0.25) is 0 Å². The Kier molecular flexibility index (Phi) is 7.39. The molecule has 1 fully saturated rings. The fraction of sp³-hybridized carbons (Fsp3) is 0.450. The van der Waals surface area contributed by atoms with Crippen molar-refractivity contribution in [3.63, 3.8) is 0 Å². The van der Waals surface area contributed by atoms with Crippen LogP contribution in [-0.2, 0) is 16.1 Å². The number of nitrogens with zero attached hydrogens (tertiary/aromatic N) is 4. The van der Waals surface area contributed by atoms with Crippen molar-refractivity contribution in [1.29, 1.82) is 0 Å². The predicted molar refractivity (Wildman–Crippen MR) is 111 cm³/mol. The van der Waals surface area contributed by atoms with Crippen LogP contribution in [0.5, 0.6) is 0 Å². The van der Waals surface area contributed by atoms with E-state index in [1.54, 1.807) is 22.4 Å². The van der Waals surface area contributed by atoms with Crippen molar-refractivity contribution >= 4 is 29.0 Å². The van der Waals surface area contributed by atoms with Crippen molar-refractivity contribution in [3.05, 3.63) is 46.8 Å². The van der Waals surface area contributed by atoms with E-state index in [0.717, 1.165) is 36.9 Å². The summed E-state index contributed by atoms with van der Waals surface area (Å²) in [5, 5.41) is 4.87. The predicted octanol–water partition coefficient (Wildman–Crippen LogP) is 1.43. The second-order valence-corrected chi connectivity index (χ2v) is 7.75. The molecule has 7 nitrogen and oxygen atoms in total. The number of thiophene rings is 1. The van der Waals surface area contributed by atoms with E-state index in [1.807, 2.05) is 42.6 Å². The Bertz CT molecular complexity index is 745. The van der Waals surface area contributed by atoms with Gasteiger partial charge in [0.05, 0.1) is 19.6 Å². The molecule has 0 atom stereocenters. The molecule has 1 aliphatic heterocycles. The standard InChI is InChI=1S/C20H27N5O2S/c1-2-24(15-19(26)22-14-17-6-5-13-28-17)20(27)16-23-9-11-25(12-10-23)18-7-3-4-8-21-18/h3-8,13H,2,9-12,14-16H2,1H3,(H,22,26). The zero-order valence-electron chi connectivity index (χ0n) is 16.2. The van der Waals surface area contributed by atoms with Gasteiger partial charge in [-0.05, 0) is 30.5 Å². The smallest absolute Gasteiger partial charge is 0.239 e. The molecule has 28 heavy (non-hydrogen) atoms. The molecule has 8 heteroatoms. The molecule has 1 saturated heterocycles. The van der Waals surface area contributed by atoms with Crippen LogP contribution >= 0.6 is 11.3 Å². The highest BCUT2D eigenvalue weighted by atomic mass is 32.1. The third kappa shape index (κ3) is 5.77. The van der Waals surface area contributed by atoms with Crippen molar-refractivity contribution in [2.75, 3.05) is 50.7 Å². The molecule has 3 heterocycles. The SMILES string of the molecule is CCN(CC(=O)NCc1cccs1)C(=O)CN1CCN(c2ccccn2)CC1. The molecule has 150 valence electrons. The molecule has 2 amide bonds. The van der Waals surface area contributed by atoms with Crippen molar-refractivity contribution < 1.29 is 9.59 Å². The Morgan fingerprint density at radius 3 is 2.64 bits per heavy atom. The zero-order chi connectivity index (χ0) is 19.8. The van der Waals surface area contributed by atoms with Crippen LogP contribution in [0, 0.1) is 0 Å². The monoisotopic (exact) mass is 401 g/mol. The number of hydrogen-bond donors (Lipinski definition) is 1. The normalized spacial score (nSPS) is 14.7. The summed E-state index contributed by atoms with van der Waals surface area (Å²) >= 11 is 1.61. The van der Waals surface area contributed by atoms with Gasteiger partial charge in [0.25, 0.3) is 0 Å². The molecule has 1 N–H and O–H groups in total. The number of anilines is 1. The molecule has 0 aromatic carbocycles. The second-order valence-electron chi connectivity index (χ2n) is 6.72. The van der Waals surface area contributed by atoms with Gasteiger partial charge in [-0.3, -0.25) is 14.5 Å². The summed E-state index contributed by atoms with van der Waals surface area (Å²) in [4.78, 5) is 36.3. The lowest BCUT2D eigenvalue weighted by Gasteiger charge is -2.35. The van der Waals surface area contributed by atoms with Crippen LogP contribution in [0.25, 0.3) is 0 Å². The molecule has 0 saturated carbocycles. The van der Waals surface area contributed by atoms with Gasteiger partial charge in [-0.15, -0.1) is 11.3 Å². The third-order valence-corrected chi connectivity index (χ3v) is 5.69. The van der Waals surface area contributed by atoms with Crippen LogP contribution in [0.1, 0.15) is 11.8 Å². The van der Waals surface area contributed by atoms with Crippen LogP contribution in [0.15, 0.2) is 41.9 Å². The molecule has 2 aromatic rings. The van der Waals surface area contributed by atoms with E-state index in [-0.39, 0.29) is 18.4 Å². The quantitative estimate of drug-likeness (QED) is 0.725. The minimum Gasteiger partial charge on any atom is -0.354 e. The van der Waals surface area contributed by atoms with Gasteiger partial charge in [0.1, 0.15) is 5.82 Å². The van der Waals surface area contributed by atoms with Crippen molar-refractivity contribution in [1.82, 2.24) is 20.1 Å². The fourth-order valence-corrected chi connectivity index (χ4v) is 3.82. The van der Waals surface area contributed by atoms with Gasteiger partial charge >= 0.3 is 0 Å². The van der Waals surface area contributed by atoms with Gasteiger partial charge in [-0.25, -0.2) is 4.98 Å². The van der Waals surface area contributed by atoms with Crippen molar-refractivity contribution in [2.45, 2.75) is 13.5 Å². The van der Waals surface area contributed by atoms with Gasteiger partial charge in [-0.1, -0.05) is 12.1 Å². The lowest BCUT2D eigenvalue weighted by molar-refractivity contribution is -0.136. The van der Waals surface area contributed by atoms with Crippen LogP contribution < -0.4 is 10.2 Å². The summed E-state index contributed by atoms with van der Waals surface area (Å²) in [5.74, 6) is 0.856. The van der Waals surface area contributed by atoms with Gasteiger partial charge in [0, 0.05) is 43.8 Å². The third-order valence-electron chi connectivity index (χ3n) is 4.81. The highest BCUT2D eigenvalue weighted by Gasteiger charge is 2.22. The number of likely N-dealkylation sites (N-methyl/N-ethyl adjacent to an activating group) is 1. The van der Waals surface area contributed by atoms with E-state index < -0.39 is 0 Å². The van der Waals surface area contributed by atoms with Crippen molar-refractivity contribution in [2.24, 2.45) is 0 Å². The maximum atomic E-state index is 12.6. The number of aromatic nitrogens is 1.